The lowest BCUT2D eigenvalue weighted by Crippen LogP contribution is -2.30. The average Bonchev–Trinajstić information content (AvgIpc) is 2.25. The number of likely N-dealkylation sites (N-methyl/N-ethyl adjacent to an activating group) is 1. The van der Waals surface area contributed by atoms with Gasteiger partial charge in [-0.1, -0.05) is 53.9 Å². The molecule has 2 unspecified atom stereocenters. The summed E-state index contributed by atoms with van der Waals surface area (Å²) in [5.74, 6) is 0.436. The van der Waals surface area contributed by atoms with Gasteiger partial charge in [-0.05, 0) is 37.1 Å². The number of rotatable bonds is 5. The Labute approximate surface area is 112 Å². The van der Waals surface area contributed by atoms with Crippen molar-refractivity contribution in [1.82, 2.24) is 5.32 Å². The van der Waals surface area contributed by atoms with Crippen LogP contribution in [0.3, 0.4) is 0 Å². The summed E-state index contributed by atoms with van der Waals surface area (Å²) in [5, 5.41) is 4.22. The van der Waals surface area contributed by atoms with Gasteiger partial charge >= 0.3 is 0 Å². The van der Waals surface area contributed by atoms with Crippen LogP contribution in [0.2, 0.25) is 5.02 Å². The third-order valence-electron chi connectivity index (χ3n) is 3.03. The van der Waals surface area contributed by atoms with E-state index < -0.39 is 0 Å². The highest BCUT2D eigenvalue weighted by Crippen LogP contribution is 2.30. The molecule has 2 atom stereocenters. The zero-order chi connectivity index (χ0) is 12.1. The fraction of sp³-hybridized carbons (Fsp3) is 0.538. The van der Waals surface area contributed by atoms with Crippen molar-refractivity contribution in [2.45, 2.75) is 38.6 Å². The molecule has 0 aromatic heterocycles. The molecule has 1 nitrogen and oxygen atoms in total. The summed E-state index contributed by atoms with van der Waals surface area (Å²) in [4.78, 5) is 0. The molecular formula is C13H19BrClN. The molecule has 90 valence electrons. The first-order chi connectivity index (χ1) is 7.60. The molecule has 0 bridgehead atoms. The Morgan fingerprint density at radius 2 is 2.12 bits per heavy atom. The molecule has 3 heteroatoms. The smallest absolute Gasteiger partial charge is 0.0452 e. The standard InChI is InChI=1S/C13H19BrClN/c1-4-5-13(16-3)9(2)11-7-6-10(14)8-12(11)15/h6-9,13,16H,4-5H2,1-3H3. The van der Waals surface area contributed by atoms with E-state index in [1.807, 2.05) is 13.1 Å². The summed E-state index contributed by atoms with van der Waals surface area (Å²) in [6.45, 7) is 4.44. The van der Waals surface area contributed by atoms with E-state index in [4.69, 9.17) is 11.6 Å². The van der Waals surface area contributed by atoms with E-state index in [1.54, 1.807) is 0 Å². The summed E-state index contributed by atoms with van der Waals surface area (Å²) in [5.41, 5.74) is 1.22. The Morgan fingerprint density at radius 1 is 1.44 bits per heavy atom. The number of hydrogen-bond acceptors (Lipinski definition) is 1. The Morgan fingerprint density at radius 3 is 2.62 bits per heavy atom. The Bertz CT molecular complexity index is 341. The van der Waals surface area contributed by atoms with Gasteiger partial charge in [0.25, 0.3) is 0 Å². The highest BCUT2D eigenvalue weighted by atomic mass is 79.9. The van der Waals surface area contributed by atoms with Crippen molar-refractivity contribution in [3.05, 3.63) is 33.3 Å². The first kappa shape index (κ1) is 14.0. The van der Waals surface area contributed by atoms with Crippen molar-refractivity contribution < 1.29 is 0 Å². The second-order valence-electron chi connectivity index (χ2n) is 4.14. The lowest BCUT2D eigenvalue weighted by molar-refractivity contribution is 0.451. The van der Waals surface area contributed by atoms with Crippen LogP contribution in [-0.4, -0.2) is 13.1 Å². The molecule has 0 radical (unpaired) electrons. The summed E-state index contributed by atoms with van der Waals surface area (Å²) < 4.78 is 1.03. The molecule has 1 rings (SSSR count). The van der Waals surface area contributed by atoms with Gasteiger partial charge in [-0.25, -0.2) is 0 Å². The molecule has 0 heterocycles. The van der Waals surface area contributed by atoms with E-state index in [-0.39, 0.29) is 0 Å². The number of halogens is 2. The predicted molar refractivity (Wildman–Crippen MR) is 75.3 cm³/mol. The second-order valence-corrected chi connectivity index (χ2v) is 5.46. The van der Waals surface area contributed by atoms with Gasteiger partial charge in [0.2, 0.25) is 0 Å². The van der Waals surface area contributed by atoms with E-state index in [0.717, 1.165) is 9.50 Å². The van der Waals surface area contributed by atoms with Crippen LogP contribution in [0.15, 0.2) is 22.7 Å². The zero-order valence-corrected chi connectivity index (χ0v) is 12.4. The molecular weight excluding hydrogens is 286 g/mol. The van der Waals surface area contributed by atoms with Crippen LogP contribution in [0.4, 0.5) is 0 Å². The van der Waals surface area contributed by atoms with Gasteiger partial charge in [0, 0.05) is 15.5 Å². The monoisotopic (exact) mass is 303 g/mol. The summed E-state index contributed by atoms with van der Waals surface area (Å²) >= 11 is 9.70. The normalized spacial score (nSPS) is 14.8. The SMILES string of the molecule is CCCC(NC)C(C)c1ccc(Br)cc1Cl. The molecule has 0 aliphatic rings. The Kier molecular flexibility index (Phi) is 5.81. The van der Waals surface area contributed by atoms with Gasteiger partial charge < -0.3 is 5.32 Å². The maximum atomic E-state index is 6.27. The molecule has 1 aromatic rings. The van der Waals surface area contributed by atoms with Crippen LogP contribution in [0.25, 0.3) is 0 Å². The summed E-state index contributed by atoms with van der Waals surface area (Å²) in [6, 6.07) is 6.61. The topological polar surface area (TPSA) is 12.0 Å². The molecule has 0 fully saturated rings. The third kappa shape index (κ3) is 3.47. The van der Waals surface area contributed by atoms with Crippen LogP contribution in [0, 0.1) is 0 Å². The molecule has 0 spiro atoms. The summed E-state index contributed by atoms with van der Waals surface area (Å²) in [7, 11) is 2.02. The molecule has 0 aliphatic heterocycles. The minimum Gasteiger partial charge on any atom is -0.316 e. The van der Waals surface area contributed by atoms with Crippen LogP contribution in [-0.2, 0) is 0 Å². The summed E-state index contributed by atoms with van der Waals surface area (Å²) in [6.07, 6.45) is 2.36. The number of hydrogen-bond donors (Lipinski definition) is 1. The first-order valence-corrected chi connectivity index (χ1v) is 6.89. The fourth-order valence-corrected chi connectivity index (χ4v) is 2.89. The molecule has 1 aromatic carbocycles. The predicted octanol–water partition coefficient (Wildman–Crippen LogP) is 4.59. The van der Waals surface area contributed by atoms with Crippen molar-refractivity contribution in [2.75, 3.05) is 7.05 Å². The lowest BCUT2D eigenvalue weighted by Gasteiger charge is -2.24. The van der Waals surface area contributed by atoms with Crippen molar-refractivity contribution in [3.8, 4) is 0 Å². The first-order valence-electron chi connectivity index (χ1n) is 5.72. The lowest BCUT2D eigenvalue weighted by atomic mass is 9.90. The molecule has 0 saturated heterocycles. The van der Waals surface area contributed by atoms with Crippen LogP contribution in [0.1, 0.15) is 38.2 Å². The van der Waals surface area contributed by atoms with E-state index in [9.17, 15) is 0 Å². The van der Waals surface area contributed by atoms with E-state index in [0.29, 0.717) is 12.0 Å². The third-order valence-corrected chi connectivity index (χ3v) is 3.85. The minimum atomic E-state index is 0.436. The minimum absolute atomic E-state index is 0.436. The molecule has 0 amide bonds. The number of benzene rings is 1. The number of nitrogens with one attached hydrogen (secondary N) is 1. The molecule has 0 aliphatic carbocycles. The Balaban J connectivity index is 2.89. The van der Waals surface area contributed by atoms with Crippen LogP contribution < -0.4 is 5.32 Å². The van der Waals surface area contributed by atoms with Gasteiger partial charge in [-0.3, -0.25) is 0 Å². The second kappa shape index (κ2) is 6.63. The quantitative estimate of drug-likeness (QED) is 0.838. The average molecular weight is 305 g/mol. The van der Waals surface area contributed by atoms with E-state index in [1.165, 1.54) is 18.4 Å². The zero-order valence-electron chi connectivity index (χ0n) is 10.1. The Hall–Kier alpha value is -0.0500. The largest absolute Gasteiger partial charge is 0.316 e. The maximum Gasteiger partial charge on any atom is 0.0452 e. The van der Waals surface area contributed by atoms with Crippen molar-refractivity contribution >= 4 is 27.5 Å². The van der Waals surface area contributed by atoms with Gasteiger partial charge in [0.05, 0.1) is 0 Å². The van der Waals surface area contributed by atoms with E-state index in [2.05, 4.69) is 47.2 Å². The van der Waals surface area contributed by atoms with Gasteiger partial charge in [-0.2, -0.15) is 0 Å². The van der Waals surface area contributed by atoms with Gasteiger partial charge in [0.15, 0.2) is 0 Å². The van der Waals surface area contributed by atoms with Gasteiger partial charge in [-0.15, -0.1) is 0 Å². The van der Waals surface area contributed by atoms with Gasteiger partial charge in [0.1, 0.15) is 0 Å². The van der Waals surface area contributed by atoms with Crippen LogP contribution >= 0.6 is 27.5 Å². The molecule has 1 N–H and O–H groups in total. The van der Waals surface area contributed by atoms with E-state index >= 15 is 0 Å². The van der Waals surface area contributed by atoms with Crippen molar-refractivity contribution in [1.29, 1.82) is 0 Å². The van der Waals surface area contributed by atoms with Crippen molar-refractivity contribution in [2.24, 2.45) is 0 Å². The fourth-order valence-electron chi connectivity index (χ4n) is 2.04. The highest BCUT2D eigenvalue weighted by molar-refractivity contribution is 9.10. The molecule has 16 heavy (non-hydrogen) atoms. The van der Waals surface area contributed by atoms with Crippen LogP contribution in [0.5, 0.6) is 0 Å². The van der Waals surface area contributed by atoms with Crippen molar-refractivity contribution in [3.63, 3.8) is 0 Å². The maximum absolute atomic E-state index is 6.27. The molecule has 0 saturated carbocycles. The highest BCUT2D eigenvalue weighted by Gasteiger charge is 2.18.